The first-order valence-corrected chi connectivity index (χ1v) is 6.48. The zero-order valence-corrected chi connectivity index (χ0v) is 11.2. The zero-order chi connectivity index (χ0) is 14.0. The van der Waals surface area contributed by atoms with E-state index in [-0.39, 0.29) is 11.6 Å². The van der Waals surface area contributed by atoms with Crippen molar-refractivity contribution in [2.75, 3.05) is 5.75 Å². The second-order valence-electron chi connectivity index (χ2n) is 4.01. The van der Waals surface area contributed by atoms with Crippen LogP contribution in [0.15, 0.2) is 23.4 Å². The number of hydrogen-bond acceptors (Lipinski definition) is 4. The van der Waals surface area contributed by atoms with Gasteiger partial charge in [-0.25, -0.2) is 4.39 Å². The third-order valence-corrected chi connectivity index (χ3v) is 3.59. The first-order chi connectivity index (χ1) is 8.99. The molecule has 0 aliphatic carbocycles. The molecule has 0 atom stereocenters. The smallest absolute Gasteiger partial charge is 0.313 e. The number of halogens is 1. The van der Waals surface area contributed by atoms with Crippen LogP contribution in [-0.2, 0) is 11.8 Å². The molecule has 2 rings (SSSR count). The van der Waals surface area contributed by atoms with Crippen LogP contribution < -0.4 is 0 Å². The van der Waals surface area contributed by atoms with Crippen molar-refractivity contribution in [2.24, 2.45) is 7.05 Å². The van der Waals surface area contributed by atoms with E-state index < -0.39 is 5.97 Å². The maximum Gasteiger partial charge on any atom is 0.313 e. The van der Waals surface area contributed by atoms with Crippen LogP contribution in [0.3, 0.4) is 0 Å². The number of thioether (sulfide) groups is 1. The Morgan fingerprint density at radius 1 is 1.47 bits per heavy atom. The Hall–Kier alpha value is -1.89. The van der Waals surface area contributed by atoms with Crippen LogP contribution in [0.5, 0.6) is 0 Å². The first kappa shape index (κ1) is 13.5. The summed E-state index contributed by atoms with van der Waals surface area (Å²) >= 11 is 1.10. The average molecular weight is 281 g/mol. The Morgan fingerprint density at radius 3 is 2.84 bits per heavy atom. The lowest BCUT2D eigenvalue weighted by Gasteiger charge is -2.06. The van der Waals surface area contributed by atoms with Crippen molar-refractivity contribution in [1.29, 1.82) is 0 Å². The van der Waals surface area contributed by atoms with E-state index in [2.05, 4.69) is 10.2 Å². The molecular weight excluding hydrogens is 269 g/mol. The minimum Gasteiger partial charge on any atom is -0.481 e. The molecular formula is C12H12FN3O2S. The molecule has 1 aromatic carbocycles. The highest BCUT2D eigenvalue weighted by molar-refractivity contribution is 7.99. The topological polar surface area (TPSA) is 68.0 Å². The van der Waals surface area contributed by atoms with E-state index in [1.54, 1.807) is 24.6 Å². The lowest BCUT2D eigenvalue weighted by Crippen LogP contribution is -2.01. The molecule has 19 heavy (non-hydrogen) atoms. The molecule has 0 aliphatic rings. The van der Waals surface area contributed by atoms with E-state index in [1.165, 1.54) is 12.1 Å². The van der Waals surface area contributed by atoms with Crippen molar-refractivity contribution in [3.8, 4) is 11.4 Å². The second kappa shape index (κ2) is 5.40. The van der Waals surface area contributed by atoms with Crippen LogP contribution >= 0.6 is 11.8 Å². The summed E-state index contributed by atoms with van der Waals surface area (Å²) in [6.07, 6.45) is 0. The average Bonchev–Trinajstić information content (AvgIpc) is 2.68. The van der Waals surface area contributed by atoms with E-state index in [4.69, 9.17) is 5.11 Å². The molecule has 100 valence electrons. The van der Waals surface area contributed by atoms with Crippen molar-refractivity contribution in [1.82, 2.24) is 14.8 Å². The van der Waals surface area contributed by atoms with E-state index in [9.17, 15) is 9.18 Å². The largest absolute Gasteiger partial charge is 0.481 e. The number of aryl methyl sites for hydroxylation is 1. The van der Waals surface area contributed by atoms with Crippen molar-refractivity contribution in [2.45, 2.75) is 12.1 Å². The number of aliphatic carboxylic acids is 1. The van der Waals surface area contributed by atoms with Gasteiger partial charge in [0.15, 0.2) is 11.0 Å². The van der Waals surface area contributed by atoms with Gasteiger partial charge >= 0.3 is 5.97 Å². The second-order valence-corrected chi connectivity index (χ2v) is 4.95. The predicted molar refractivity (Wildman–Crippen MR) is 69.5 cm³/mol. The van der Waals surface area contributed by atoms with Gasteiger partial charge in [-0.05, 0) is 30.7 Å². The van der Waals surface area contributed by atoms with Crippen LogP contribution in [-0.4, -0.2) is 31.6 Å². The Kier molecular flexibility index (Phi) is 3.84. The molecule has 0 unspecified atom stereocenters. The van der Waals surface area contributed by atoms with Gasteiger partial charge in [0.25, 0.3) is 0 Å². The maximum atomic E-state index is 13.1. The number of carboxylic acid groups (broad SMARTS) is 1. The van der Waals surface area contributed by atoms with Gasteiger partial charge in [-0.15, -0.1) is 10.2 Å². The number of benzene rings is 1. The minimum atomic E-state index is -0.910. The molecule has 0 bridgehead atoms. The highest BCUT2D eigenvalue weighted by atomic mass is 32.2. The van der Waals surface area contributed by atoms with E-state index in [0.29, 0.717) is 11.0 Å². The van der Waals surface area contributed by atoms with Gasteiger partial charge in [0.1, 0.15) is 5.82 Å². The van der Waals surface area contributed by atoms with Gasteiger partial charge in [-0.2, -0.15) is 0 Å². The third-order valence-electron chi connectivity index (χ3n) is 2.59. The van der Waals surface area contributed by atoms with Crippen molar-refractivity contribution in [3.05, 3.63) is 29.6 Å². The summed E-state index contributed by atoms with van der Waals surface area (Å²) in [5.74, 6) is -0.698. The standard InChI is InChI=1S/C12H12FN3O2S/c1-7-5-8(13)3-4-9(7)11-14-15-12(16(11)2)19-6-10(17)18/h3-5H,6H2,1-2H3,(H,17,18). The molecule has 0 spiro atoms. The molecule has 7 heteroatoms. The molecule has 0 fully saturated rings. The molecule has 0 saturated carbocycles. The Labute approximate surface area is 113 Å². The van der Waals surface area contributed by atoms with Crippen molar-refractivity contribution in [3.63, 3.8) is 0 Å². The van der Waals surface area contributed by atoms with E-state index >= 15 is 0 Å². The fourth-order valence-electron chi connectivity index (χ4n) is 1.68. The minimum absolute atomic E-state index is 0.0750. The predicted octanol–water partition coefficient (Wildman–Crippen LogP) is 2.11. The lowest BCUT2D eigenvalue weighted by atomic mass is 10.1. The van der Waals surface area contributed by atoms with Crippen LogP contribution in [0, 0.1) is 12.7 Å². The van der Waals surface area contributed by atoms with Crippen LogP contribution in [0.4, 0.5) is 4.39 Å². The number of carboxylic acids is 1. The van der Waals surface area contributed by atoms with Crippen LogP contribution in [0.1, 0.15) is 5.56 Å². The summed E-state index contributed by atoms with van der Waals surface area (Å²) in [5, 5.41) is 17.1. The van der Waals surface area contributed by atoms with E-state index in [1.807, 2.05) is 0 Å². The fourth-order valence-corrected chi connectivity index (χ4v) is 2.31. The summed E-state index contributed by atoms with van der Waals surface area (Å²) in [6.45, 7) is 1.79. The normalized spacial score (nSPS) is 10.7. The maximum absolute atomic E-state index is 13.1. The Morgan fingerprint density at radius 2 is 2.21 bits per heavy atom. The Balaban J connectivity index is 2.33. The van der Waals surface area contributed by atoms with E-state index in [0.717, 1.165) is 22.9 Å². The number of carbonyl (C=O) groups is 1. The summed E-state index contributed by atoms with van der Waals surface area (Å²) in [7, 11) is 1.75. The van der Waals surface area contributed by atoms with Gasteiger partial charge in [-0.1, -0.05) is 11.8 Å². The molecule has 2 aromatic rings. The third kappa shape index (κ3) is 2.93. The summed E-state index contributed by atoms with van der Waals surface area (Å²) < 4.78 is 14.8. The number of hydrogen-bond donors (Lipinski definition) is 1. The van der Waals surface area contributed by atoms with Crippen molar-refractivity contribution < 1.29 is 14.3 Å². The molecule has 1 heterocycles. The zero-order valence-electron chi connectivity index (χ0n) is 10.4. The SMILES string of the molecule is Cc1cc(F)ccc1-c1nnc(SCC(=O)O)n1C. The highest BCUT2D eigenvalue weighted by Crippen LogP contribution is 2.25. The summed E-state index contributed by atoms with van der Waals surface area (Å²) in [4.78, 5) is 10.5. The van der Waals surface area contributed by atoms with Crippen LogP contribution in [0.2, 0.25) is 0 Å². The van der Waals surface area contributed by atoms with Gasteiger partial charge in [0, 0.05) is 12.6 Å². The fraction of sp³-hybridized carbons (Fsp3) is 0.250. The highest BCUT2D eigenvalue weighted by Gasteiger charge is 2.14. The lowest BCUT2D eigenvalue weighted by molar-refractivity contribution is -0.133. The van der Waals surface area contributed by atoms with Gasteiger partial charge in [0.05, 0.1) is 5.75 Å². The first-order valence-electron chi connectivity index (χ1n) is 5.49. The number of rotatable bonds is 4. The molecule has 0 aliphatic heterocycles. The monoisotopic (exact) mass is 281 g/mol. The summed E-state index contributed by atoms with van der Waals surface area (Å²) in [6, 6.07) is 4.43. The molecule has 0 amide bonds. The number of nitrogens with zero attached hydrogens (tertiary/aromatic N) is 3. The molecule has 1 aromatic heterocycles. The Bertz CT molecular complexity index is 627. The molecule has 0 saturated heterocycles. The molecule has 5 nitrogen and oxygen atoms in total. The quantitative estimate of drug-likeness (QED) is 0.869. The number of aromatic nitrogens is 3. The van der Waals surface area contributed by atoms with Crippen LogP contribution in [0.25, 0.3) is 11.4 Å². The van der Waals surface area contributed by atoms with Gasteiger partial charge in [0.2, 0.25) is 0 Å². The molecule has 1 N–H and O–H groups in total. The molecule has 0 radical (unpaired) electrons. The van der Waals surface area contributed by atoms with Gasteiger partial charge < -0.3 is 9.67 Å². The van der Waals surface area contributed by atoms with Crippen molar-refractivity contribution >= 4 is 17.7 Å². The van der Waals surface area contributed by atoms with Gasteiger partial charge in [-0.3, -0.25) is 4.79 Å². The summed E-state index contributed by atoms with van der Waals surface area (Å²) in [5.41, 5.74) is 1.53.